The van der Waals surface area contributed by atoms with Gasteiger partial charge in [-0.3, -0.25) is 0 Å². The van der Waals surface area contributed by atoms with Crippen molar-refractivity contribution in [1.29, 1.82) is 0 Å². The second kappa shape index (κ2) is 4.66. The largest absolute Gasteiger partial charge is 0.508 e. The monoisotopic (exact) mass is 317 g/mol. The van der Waals surface area contributed by atoms with Gasteiger partial charge in [0.2, 0.25) is 0 Å². The van der Waals surface area contributed by atoms with Gasteiger partial charge in [-0.15, -0.1) is 0 Å². The van der Waals surface area contributed by atoms with Crippen molar-refractivity contribution < 1.29 is 5.11 Å². The molecule has 3 rings (SSSR count). The van der Waals surface area contributed by atoms with Crippen LogP contribution in [0.4, 0.5) is 0 Å². The van der Waals surface area contributed by atoms with Gasteiger partial charge in [0, 0.05) is 11.0 Å². The number of hydrogen-bond donors (Lipinski definition) is 2. The van der Waals surface area contributed by atoms with Crippen LogP contribution in [0.1, 0.15) is 23.6 Å². The normalized spacial score (nSPS) is 22.0. The first-order chi connectivity index (χ1) is 9.09. The maximum Gasteiger partial charge on any atom is 0.115 e. The Morgan fingerprint density at radius 1 is 1.16 bits per heavy atom. The standard InChI is InChI=1S/C16H16BrNO/c1-16(12-2-4-13(17)5-3-12)15-7-6-14(19)10-11(15)8-9-18-16/h2-7,10,18-19H,8-9H2,1H3. The van der Waals surface area contributed by atoms with Crippen LogP contribution in [0, 0.1) is 0 Å². The Bertz CT molecular complexity index is 609. The third kappa shape index (κ3) is 2.17. The molecule has 2 nitrogen and oxygen atoms in total. The van der Waals surface area contributed by atoms with Crippen molar-refractivity contribution >= 4 is 15.9 Å². The van der Waals surface area contributed by atoms with Gasteiger partial charge in [0.05, 0.1) is 5.54 Å². The van der Waals surface area contributed by atoms with Crippen LogP contribution in [-0.4, -0.2) is 11.7 Å². The minimum atomic E-state index is -0.192. The quantitative estimate of drug-likeness (QED) is 0.842. The number of benzene rings is 2. The predicted molar refractivity (Wildman–Crippen MR) is 80.4 cm³/mol. The predicted octanol–water partition coefficient (Wildman–Crippen LogP) is 3.56. The van der Waals surface area contributed by atoms with E-state index < -0.39 is 0 Å². The maximum atomic E-state index is 9.64. The van der Waals surface area contributed by atoms with Gasteiger partial charge in [-0.25, -0.2) is 0 Å². The summed E-state index contributed by atoms with van der Waals surface area (Å²) in [5, 5.41) is 13.2. The van der Waals surface area contributed by atoms with Crippen LogP contribution in [-0.2, 0) is 12.0 Å². The lowest BCUT2D eigenvalue weighted by atomic mass is 9.79. The highest BCUT2D eigenvalue weighted by atomic mass is 79.9. The molecule has 0 aliphatic carbocycles. The van der Waals surface area contributed by atoms with Crippen molar-refractivity contribution in [3.63, 3.8) is 0 Å². The molecule has 0 radical (unpaired) electrons. The van der Waals surface area contributed by atoms with E-state index in [0.717, 1.165) is 17.4 Å². The van der Waals surface area contributed by atoms with Crippen LogP contribution < -0.4 is 5.32 Å². The van der Waals surface area contributed by atoms with Crippen molar-refractivity contribution in [3.05, 3.63) is 63.6 Å². The Kier molecular flexibility index (Phi) is 3.11. The summed E-state index contributed by atoms with van der Waals surface area (Å²) >= 11 is 3.47. The first-order valence-electron chi connectivity index (χ1n) is 6.43. The second-order valence-electron chi connectivity index (χ2n) is 5.15. The SMILES string of the molecule is CC1(c2ccc(Br)cc2)NCCc2cc(O)ccc21. The second-order valence-corrected chi connectivity index (χ2v) is 6.07. The third-order valence-corrected chi connectivity index (χ3v) is 4.45. The van der Waals surface area contributed by atoms with Gasteiger partial charge < -0.3 is 10.4 Å². The van der Waals surface area contributed by atoms with Crippen LogP contribution >= 0.6 is 15.9 Å². The molecule has 2 N–H and O–H groups in total. The summed E-state index contributed by atoms with van der Waals surface area (Å²) in [6.07, 6.45) is 0.954. The van der Waals surface area contributed by atoms with Gasteiger partial charge in [0.25, 0.3) is 0 Å². The summed E-state index contributed by atoms with van der Waals surface area (Å²) in [7, 11) is 0. The van der Waals surface area contributed by atoms with Crippen molar-refractivity contribution in [1.82, 2.24) is 5.32 Å². The van der Waals surface area contributed by atoms with Crippen LogP contribution in [0.15, 0.2) is 46.9 Å². The summed E-state index contributed by atoms with van der Waals surface area (Å²) in [5.41, 5.74) is 3.52. The average Bonchev–Trinajstić information content (AvgIpc) is 2.39. The van der Waals surface area contributed by atoms with Crippen molar-refractivity contribution in [2.75, 3.05) is 6.54 Å². The number of nitrogens with one attached hydrogen (secondary N) is 1. The zero-order valence-electron chi connectivity index (χ0n) is 10.8. The number of fused-ring (bicyclic) bond motifs is 1. The molecule has 98 valence electrons. The molecule has 0 aromatic heterocycles. The number of aromatic hydroxyl groups is 1. The zero-order chi connectivity index (χ0) is 13.5. The number of phenols is 1. The number of rotatable bonds is 1. The minimum Gasteiger partial charge on any atom is -0.508 e. The Hall–Kier alpha value is -1.32. The smallest absolute Gasteiger partial charge is 0.115 e. The van der Waals surface area contributed by atoms with Crippen molar-refractivity contribution in [2.24, 2.45) is 0 Å². The molecule has 1 aliphatic rings. The van der Waals surface area contributed by atoms with E-state index in [9.17, 15) is 5.11 Å². The topological polar surface area (TPSA) is 32.3 Å². The molecule has 2 aromatic carbocycles. The maximum absolute atomic E-state index is 9.64. The van der Waals surface area contributed by atoms with Crippen molar-refractivity contribution in [2.45, 2.75) is 18.9 Å². The molecule has 0 bridgehead atoms. The van der Waals surface area contributed by atoms with E-state index in [1.807, 2.05) is 12.1 Å². The highest BCUT2D eigenvalue weighted by Crippen LogP contribution is 2.36. The molecule has 1 unspecified atom stereocenters. The van der Waals surface area contributed by atoms with E-state index in [2.05, 4.69) is 52.4 Å². The molecule has 1 atom stereocenters. The van der Waals surface area contributed by atoms with Gasteiger partial charge in [0.15, 0.2) is 0 Å². The van der Waals surface area contributed by atoms with Gasteiger partial charge in [-0.05, 0) is 54.3 Å². The zero-order valence-corrected chi connectivity index (χ0v) is 12.4. The summed E-state index contributed by atoms with van der Waals surface area (Å²) in [5.74, 6) is 0.346. The summed E-state index contributed by atoms with van der Waals surface area (Å²) in [4.78, 5) is 0. The van der Waals surface area contributed by atoms with Crippen LogP contribution in [0.3, 0.4) is 0 Å². The Balaban J connectivity index is 2.13. The Labute approximate surface area is 121 Å². The molecular formula is C16H16BrNO. The third-order valence-electron chi connectivity index (χ3n) is 3.92. The van der Waals surface area contributed by atoms with E-state index in [1.54, 1.807) is 6.07 Å². The molecule has 0 fully saturated rings. The fourth-order valence-corrected chi connectivity index (χ4v) is 3.12. The molecule has 1 aliphatic heterocycles. The number of halogens is 1. The highest BCUT2D eigenvalue weighted by Gasteiger charge is 2.33. The molecular weight excluding hydrogens is 302 g/mol. The van der Waals surface area contributed by atoms with Gasteiger partial charge >= 0.3 is 0 Å². The Morgan fingerprint density at radius 2 is 1.89 bits per heavy atom. The molecule has 0 saturated carbocycles. The molecule has 2 aromatic rings. The average molecular weight is 318 g/mol. The molecule has 1 heterocycles. The first-order valence-corrected chi connectivity index (χ1v) is 7.22. The van der Waals surface area contributed by atoms with Crippen LogP contribution in [0.5, 0.6) is 5.75 Å². The van der Waals surface area contributed by atoms with Crippen molar-refractivity contribution in [3.8, 4) is 5.75 Å². The number of hydrogen-bond acceptors (Lipinski definition) is 2. The first kappa shape index (κ1) is 12.7. The van der Waals surface area contributed by atoms with Gasteiger partial charge in [-0.1, -0.05) is 34.1 Å². The van der Waals surface area contributed by atoms with E-state index in [4.69, 9.17) is 0 Å². The molecule has 19 heavy (non-hydrogen) atoms. The fraction of sp³-hybridized carbons (Fsp3) is 0.250. The Morgan fingerprint density at radius 3 is 2.63 bits per heavy atom. The lowest BCUT2D eigenvalue weighted by Gasteiger charge is -2.38. The lowest BCUT2D eigenvalue weighted by Crippen LogP contribution is -2.45. The van der Waals surface area contributed by atoms with Crippen LogP contribution in [0.25, 0.3) is 0 Å². The van der Waals surface area contributed by atoms with E-state index in [0.29, 0.717) is 5.75 Å². The summed E-state index contributed by atoms with van der Waals surface area (Å²) in [6, 6.07) is 14.1. The molecule has 3 heteroatoms. The van der Waals surface area contributed by atoms with Gasteiger partial charge in [-0.2, -0.15) is 0 Å². The van der Waals surface area contributed by atoms with Crippen LogP contribution in [0.2, 0.25) is 0 Å². The highest BCUT2D eigenvalue weighted by molar-refractivity contribution is 9.10. The summed E-state index contributed by atoms with van der Waals surface area (Å²) in [6.45, 7) is 3.12. The molecule has 0 saturated heterocycles. The minimum absolute atomic E-state index is 0.192. The molecule has 0 spiro atoms. The fourth-order valence-electron chi connectivity index (χ4n) is 2.86. The van der Waals surface area contributed by atoms with E-state index in [1.165, 1.54) is 16.7 Å². The molecule has 0 amide bonds. The van der Waals surface area contributed by atoms with E-state index in [-0.39, 0.29) is 5.54 Å². The summed E-state index contributed by atoms with van der Waals surface area (Å²) < 4.78 is 1.08. The van der Waals surface area contributed by atoms with E-state index >= 15 is 0 Å². The lowest BCUT2D eigenvalue weighted by molar-refractivity contribution is 0.411. The number of phenolic OH excluding ortho intramolecular Hbond substituents is 1. The van der Waals surface area contributed by atoms with Gasteiger partial charge in [0.1, 0.15) is 5.75 Å².